The van der Waals surface area contributed by atoms with Crippen LogP contribution < -0.4 is 5.32 Å². The van der Waals surface area contributed by atoms with Crippen LogP contribution in [0.3, 0.4) is 0 Å². The van der Waals surface area contributed by atoms with E-state index in [4.69, 9.17) is 0 Å². The van der Waals surface area contributed by atoms with Gasteiger partial charge in [0.05, 0.1) is 5.69 Å². The minimum atomic E-state index is -0.155. The number of amides is 1. The van der Waals surface area contributed by atoms with Crippen LogP contribution in [0.1, 0.15) is 32.4 Å². The summed E-state index contributed by atoms with van der Waals surface area (Å²) in [6, 6.07) is 14.2. The number of aromatic nitrogens is 4. The zero-order valence-electron chi connectivity index (χ0n) is 15.8. The van der Waals surface area contributed by atoms with E-state index in [0.29, 0.717) is 23.4 Å². The molecular weight excluding hydrogens is 382 g/mol. The van der Waals surface area contributed by atoms with Gasteiger partial charge in [-0.05, 0) is 36.1 Å². The average Bonchev–Trinajstić information content (AvgIpc) is 3.46. The molecule has 0 saturated heterocycles. The lowest BCUT2D eigenvalue weighted by Gasteiger charge is -2.16. The molecule has 29 heavy (non-hydrogen) atoms. The highest BCUT2D eigenvalue weighted by molar-refractivity contribution is 7.10. The molecule has 0 spiro atoms. The first-order valence-electron chi connectivity index (χ1n) is 9.40. The van der Waals surface area contributed by atoms with Crippen molar-refractivity contribution in [3.05, 3.63) is 88.1 Å². The molecule has 1 atom stereocenters. The predicted octanol–water partition coefficient (Wildman–Crippen LogP) is 4.14. The Kier molecular flexibility index (Phi) is 4.37. The highest BCUT2D eigenvalue weighted by Crippen LogP contribution is 2.33. The second-order valence-electron chi connectivity index (χ2n) is 6.92. The highest BCUT2D eigenvalue weighted by atomic mass is 32.1. The summed E-state index contributed by atoms with van der Waals surface area (Å²) < 4.78 is 1.64. The fourth-order valence-corrected chi connectivity index (χ4v) is 4.63. The number of benzene rings is 1. The molecular formula is C22H19N5OS. The summed E-state index contributed by atoms with van der Waals surface area (Å²) in [7, 11) is 0. The standard InChI is InChI=1S/C22H19N5OS/c1-14-20(21-23-9-5-10-27(21)26-14)22(28)25-13-17(19-8-4-11-29-19)16-12-24-18-7-3-2-6-15(16)18/h2-12,17,24H,13H2,1H3,(H,25,28). The van der Waals surface area contributed by atoms with Crippen molar-refractivity contribution in [1.82, 2.24) is 24.9 Å². The van der Waals surface area contributed by atoms with Gasteiger partial charge in [-0.2, -0.15) is 5.10 Å². The first kappa shape index (κ1) is 17.6. The van der Waals surface area contributed by atoms with Gasteiger partial charge >= 0.3 is 0 Å². The number of rotatable bonds is 5. The molecule has 144 valence electrons. The molecule has 6 nitrogen and oxygen atoms in total. The van der Waals surface area contributed by atoms with E-state index in [-0.39, 0.29) is 11.8 Å². The molecule has 1 aromatic carbocycles. The van der Waals surface area contributed by atoms with Gasteiger partial charge in [-0.1, -0.05) is 24.3 Å². The Bertz CT molecular complexity index is 1300. The summed E-state index contributed by atoms with van der Waals surface area (Å²) in [6.45, 7) is 2.32. The van der Waals surface area contributed by atoms with Crippen LogP contribution in [-0.4, -0.2) is 32.0 Å². The third kappa shape index (κ3) is 3.09. The molecule has 0 saturated carbocycles. The van der Waals surface area contributed by atoms with Crippen molar-refractivity contribution in [3.8, 4) is 0 Å². The minimum Gasteiger partial charge on any atom is -0.361 e. The number of fused-ring (bicyclic) bond motifs is 2. The van der Waals surface area contributed by atoms with Gasteiger partial charge in [0.2, 0.25) is 0 Å². The summed E-state index contributed by atoms with van der Waals surface area (Å²) in [5, 5.41) is 10.8. The third-order valence-corrected chi connectivity index (χ3v) is 6.13. The second-order valence-corrected chi connectivity index (χ2v) is 7.90. The lowest BCUT2D eigenvalue weighted by atomic mass is 9.96. The van der Waals surface area contributed by atoms with E-state index in [2.05, 4.69) is 44.0 Å². The molecule has 0 aliphatic rings. The average molecular weight is 401 g/mol. The Balaban J connectivity index is 1.47. The molecule has 0 fully saturated rings. The first-order valence-corrected chi connectivity index (χ1v) is 10.3. The van der Waals surface area contributed by atoms with Gasteiger partial charge in [0.15, 0.2) is 5.65 Å². The van der Waals surface area contributed by atoms with Gasteiger partial charge < -0.3 is 10.3 Å². The Morgan fingerprint density at radius 2 is 2.14 bits per heavy atom. The Labute approximate surface area is 171 Å². The fourth-order valence-electron chi connectivity index (χ4n) is 3.78. The Morgan fingerprint density at radius 3 is 3.00 bits per heavy atom. The van der Waals surface area contributed by atoms with Crippen LogP contribution in [0, 0.1) is 6.92 Å². The molecule has 4 aromatic heterocycles. The molecule has 1 amide bonds. The number of hydrogen-bond acceptors (Lipinski definition) is 4. The summed E-state index contributed by atoms with van der Waals surface area (Å²) in [4.78, 5) is 21.9. The van der Waals surface area contributed by atoms with E-state index in [0.717, 1.165) is 5.52 Å². The largest absolute Gasteiger partial charge is 0.361 e. The van der Waals surface area contributed by atoms with Crippen LogP contribution in [-0.2, 0) is 0 Å². The van der Waals surface area contributed by atoms with Crippen LogP contribution in [0.25, 0.3) is 16.6 Å². The number of aromatic amines is 1. The predicted molar refractivity (Wildman–Crippen MR) is 115 cm³/mol. The molecule has 0 aliphatic carbocycles. The monoisotopic (exact) mass is 401 g/mol. The summed E-state index contributed by atoms with van der Waals surface area (Å²) >= 11 is 1.70. The quantitative estimate of drug-likeness (QED) is 0.465. The van der Waals surface area contributed by atoms with Crippen LogP contribution in [0.5, 0.6) is 0 Å². The molecule has 1 unspecified atom stereocenters. The first-order chi connectivity index (χ1) is 14.2. The topological polar surface area (TPSA) is 75.1 Å². The van der Waals surface area contributed by atoms with Crippen molar-refractivity contribution < 1.29 is 4.79 Å². The fraction of sp³-hybridized carbons (Fsp3) is 0.136. The Morgan fingerprint density at radius 1 is 1.24 bits per heavy atom. The summed E-state index contributed by atoms with van der Waals surface area (Å²) in [5.74, 6) is -0.0946. The van der Waals surface area contributed by atoms with Crippen molar-refractivity contribution in [2.24, 2.45) is 0 Å². The number of nitrogens with zero attached hydrogens (tertiary/aromatic N) is 3. The number of carbonyl (C=O) groups is 1. The maximum absolute atomic E-state index is 13.0. The van der Waals surface area contributed by atoms with Gasteiger partial charge in [0.25, 0.3) is 5.91 Å². The number of hydrogen-bond donors (Lipinski definition) is 2. The third-order valence-electron chi connectivity index (χ3n) is 5.15. The van der Waals surface area contributed by atoms with Crippen molar-refractivity contribution >= 4 is 33.8 Å². The van der Waals surface area contributed by atoms with E-state index in [1.54, 1.807) is 34.3 Å². The normalized spacial score (nSPS) is 12.4. The van der Waals surface area contributed by atoms with Crippen molar-refractivity contribution in [3.63, 3.8) is 0 Å². The van der Waals surface area contributed by atoms with Gasteiger partial charge in [-0.3, -0.25) is 4.79 Å². The maximum Gasteiger partial charge on any atom is 0.257 e. The molecule has 0 aliphatic heterocycles. The van der Waals surface area contributed by atoms with E-state index >= 15 is 0 Å². The molecule has 5 rings (SSSR count). The molecule has 2 N–H and O–H groups in total. The van der Waals surface area contributed by atoms with Crippen LogP contribution in [0.2, 0.25) is 0 Å². The molecule has 0 bridgehead atoms. The van der Waals surface area contributed by atoms with Crippen molar-refractivity contribution in [1.29, 1.82) is 0 Å². The molecule has 4 heterocycles. The number of nitrogens with one attached hydrogen (secondary N) is 2. The van der Waals surface area contributed by atoms with E-state index in [1.165, 1.54) is 15.8 Å². The van der Waals surface area contributed by atoms with Crippen LogP contribution in [0.4, 0.5) is 0 Å². The van der Waals surface area contributed by atoms with Gasteiger partial charge in [0.1, 0.15) is 5.56 Å². The second kappa shape index (κ2) is 7.18. The SMILES string of the molecule is Cc1nn2cccnc2c1C(=O)NCC(c1cccs1)c1c[nH]c2ccccc12. The lowest BCUT2D eigenvalue weighted by Crippen LogP contribution is -2.29. The summed E-state index contributed by atoms with van der Waals surface area (Å²) in [6.07, 6.45) is 5.52. The van der Waals surface area contributed by atoms with Gasteiger partial charge in [-0.25, -0.2) is 9.50 Å². The lowest BCUT2D eigenvalue weighted by molar-refractivity contribution is 0.0953. The van der Waals surface area contributed by atoms with Crippen LogP contribution >= 0.6 is 11.3 Å². The van der Waals surface area contributed by atoms with Gasteiger partial charge in [-0.15, -0.1) is 11.3 Å². The number of carbonyl (C=O) groups excluding carboxylic acids is 1. The smallest absolute Gasteiger partial charge is 0.257 e. The number of aryl methyl sites for hydroxylation is 1. The van der Waals surface area contributed by atoms with Crippen molar-refractivity contribution in [2.75, 3.05) is 6.54 Å². The number of thiophene rings is 1. The van der Waals surface area contributed by atoms with E-state index < -0.39 is 0 Å². The zero-order chi connectivity index (χ0) is 19.8. The zero-order valence-corrected chi connectivity index (χ0v) is 16.6. The number of para-hydroxylation sites is 1. The highest BCUT2D eigenvalue weighted by Gasteiger charge is 2.23. The molecule has 5 aromatic rings. The maximum atomic E-state index is 13.0. The molecule has 7 heteroatoms. The van der Waals surface area contributed by atoms with E-state index in [1.807, 2.05) is 31.3 Å². The van der Waals surface area contributed by atoms with Crippen molar-refractivity contribution in [2.45, 2.75) is 12.8 Å². The number of H-pyrrole nitrogens is 1. The summed E-state index contributed by atoms with van der Waals surface area (Å²) in [5.41, 5.74) is 4.04. The van der Waals surface area contributed by atoms with E-state index in [9.17, 15) is 4.79 Å². The Hall–Kier alpha value is -3.45. The van der Waals surface area contributed by atoms with Gasteiger partial charge in [0, 0.05) is 46.8 Å². The van der Waals surface area contributed by atoms with Crippen LogP contribution in [0.15, 0.2) is 66.4 Å². The minimum absolute atomic E-state index is 0.0604. The molecule has 0 radical (unpaired) electrons.